The van der Waals surface area contributed by atoms with Gasteiger partial charge < -0.3 is 83.1 Å². The summed E-state index contributed by atoms with van der Waals surface area (Å²) in [5.41, 5.74) is 10.7. The van der Waals surface area contributed by atoms with E-state index in [0.29, 0.717) is 129 Å². The number of piperazine rings is 3. The second-order valence-corrected chi connectivity index (χ2v) is 49.6. The number of aliphatic hydroxyl groups excluding tert-OH is 1. The van der Waals surface area contributed by atoms with Gasteiger partial charge in [-0.25, -0.2) is 29.9 Å². The quantitative estimate of drug-likeness (QED) is 0.0136. The van der Waals surface area contributed by atoms with Gasteiger partial charge in [0.1, 0.15) is 77.2 Å². The van der Waals surface area contributed by atoms with Gasteiger partial charge in [0.2, 0.25) is 35.4 Å². The number of aldehydes is 1. The van der Waals surface area contributed by atoms with Gasteiger partial charge in [-0.1, -0.05) is 149 Å². The van der Waals surface area contributed by atoms with Crippen molar-refractivity contribution in [1.29, 1.82) is 0 Å². The summed E-state index contributed by atoms with van der Waals surface area (Å²) in [6.45, 7) is 46.0. The summed E-state index contributed by atoms with van der Waals surface area (Å²) in [6, 6.07) is 27.9. The number of anilines is 9. The minimum Gasteiger partial charge on any atom is -0.495 e. The highest BCUT2D eigenvalue weighted by molar-refractivity contribution is 6.74. The van der Waals surface area contributed by atoms with Crippen molar-refractivity contribution in [3.05, 3.63) is 229 Å². The number of likely N-dealkylation sites (N-methyl/N-ethyl adjacent to an activating group) is 3. The van der Waals surface area contributed by atoms with Crippen molar-refractivity contribution in [3.63, 3.8) is 0 Å². The Labute approximate surface area is 894 Å². The zero-order chi connectivity index (χ0) is 108. The van der Waals surface area contributed by atoms with Gasteiger partial charge in [0.25, 0.3) is 0 Å². The third-order valence-corrected chi connectivity index (χ3v) is 37.9. The topological polar surface area (TPSA) is 365 Å². The lowest BCUT2D eigenvalue weighted by molar-refractivity contribution is -0.118. The van der Waals surface area contributed by atoms with E-state index >= 15 is 0 Å². The maximum absolute atomic E-state index is 13.4. The molecule has 0 radical (unpaired) electrons. The smallest absolute Gasteiger partial charge is 0.247 e. The summed E-state index contributed by atoms with van der Waals surface area (Å²) < 4.78 is 43.9. The summed E-state index contributed by atoms with van der Waals surface area (Å²) in [5.74, 6) is 1.44. The molecule has 3 aliphatic rings. The second kappa shape index (κ2) is 55.6. The van der Waals surface area contributed by atoms with Crippen molar-refractivity contribution < 1.29 is 75.9 Å². The predicted octanol–water partition coefficient (Wildman–Crippen LogP) is 17.0. The number of halogens is 6. The Morgan fingerprint density at radius 3 is 0.959 bits per heavy atom. The Kier molecular flexibility index (Phi) is 45.0. The summed E-state index contributed by atoms with van der Waals surface area (Å²) in [4.78, 5) is 129. The van der Waals surface area contributed by atoms with Crippen molar-refractivity contribution in [2.75, 3.05) is 221 Å². The molecule has 3 aliphatic heterocycles. The number of methoxy groups -OCH3 is 6. The molecule has 12 rings (SSSR count). The van der Waals surface area contributed by atoms with E-state index in [0.717, 1.165) is 132 Å². The van der Waals surface area contributed by atoms with Crippen molar-refractivity contribution in [1.82, 2.24) is 45.0 Å². The average molecular weight is 2180 g/mol. The molecule has 0 unspecified atom stereocenters. The highest BCUT2D eigenvalue weighted by Gasteiger charge is 2.39. The molecule has 0 atom stereocenters. The number of aromatic nitrogens is 6. The molecule has 3 fully saturated rings. The third-order valence-electron chi connectivity index (χ3n) is 26.4. The van der Waals surface area contributed by atoms with Crippen LogP contribution in [0, 0.1) is 0 Å². The Hall–Kier alpha value is -11.6. The highest BCUT2D eigenvalue weighted by Crippen LogP contribution is 2.46. The van der Waals surface area contributed by atoms with Crippen LogP contribution in [0.4, 0.5) is 51.6 Å². The number of carbonyl (C=O) groups is 7. The first-order chi connectivity index (χ1) is 69.8. The molecule has 147 heavy (non-hydrogen) atoms. The van der Waals surface area contributed by atoms with Crippen LogP contribution in [0.3, 0.4) is 0 Å². The zero-order valence-electron chi connectivity index (χ0n) is 87.2. The number of nitrogens with zero attached hydrogens (tertiary/aromatic N) is 14. The third kappa shape index (κ3) is 32.7. The fourth-order valence-electron chi connectivity index (χ4n) is 15.3. The van der Waals surface area contributed by atoms with Crippen LogP contribution in [0.15, 0.2) is 148 Å². The number of β-amino-alcohol motifs (C(OH)–C–C–N with tert-alkyl or cyclic N) is 1. The molecule has 3 aromatic heterocycles. The summed E-state index contributed by atoms with van der Waals surface area (Å²) in [6.07, 6.45) is 9.57. The lowest BCUT2D eigenvalue weighted by Gasteiger charge is -2.39. The number of hydrogen-bond donors (Lipinski definition) is 5. The molecule has 0 spiro atoms. The largest absolute Gasteiger partial charge is 0.495 e. The van der Waals surface area contributed by atoms with Crippen molar-refractivity contribution in [2.45, 2.75) is 116 Å². The fourth-order valence-corrected chi connectivity index (χ4v) is 19.2. The van der Waals surface area contributed by atoms with Crippen LogP contribution in [0.2, 0.25) is 66.4 Å². The first kappa shape index (κ1) is 119. The van der Waals surface area contributed by atoms with Crippen LogP contribution >= 0.6 is 69.6 Å². The van der Waals surface area contributed by atoms with Gasteiger partial charge in [-0.2, -0.15) is 0 Å². The van der Waals surface area contributed by atoms with E-state index < -0.39 is 16.6 Å². The minimum atomic E-state index is -1.77. The van der Waals surface area contributed by atoms with E-state index in [1.54, 1.807) is 57.5 Å². The second-order valence-electron chi connectivity index (χ2n) is 37.8. The molecule has 9 aromatic rings. The molecular formula is C105H136Cl6N18O16Si2. The average Bonchev–Trinajstić information content (AvgIpc) is 0.796. The van der Waals surface area contributed by atoms with Crippen LogP contribution < -0.4 is 79.1 Å². The first-order valence-electron chi connectivity index (χ1n) is 47.7. The van der Waals surface area contributed by atoms with E-state index in [9.17, 15) is 38.7 Å². The molecule has 6 amide bonds. The number of aliphatic hydroxyl groups is 1. The molecule has 5 N–H and O–H groups in total. The lowest BCUT2D eigenvalue weighted by Crippen LogP contribution is -2.48. The summed E-state index contributed by atoms with van der Waals surface area (Å²) in [5, 5.41) is 23.2. The van der Waals surface area contributed by atoms with E-state index in [-0.39, 0.29) is 108 Å². The van der Waals surface area contributed by atoms with Crippen molar-refractivity contribution in [3.8, 4) is 34.5 Å². The monoisotopic (exact) mass is 2170 g/mol. The first-order valence-corrected chi connectivity index (χ1v) is 55.8. The summed E-state index contributed by atoms with van der Waals surface area (Å²) >= 11 is 38.9. The van der Waals surface area contributed by atoms with E-state index in [4.69, 9.17) is 107 Å². The number of ether oxygens (including phenoxy) is 6. The Morgan fingerprint density at radius 1 is 0.415 bits per heavy atom. The van der Waals surface area contributed by atoms with E-state index in [1.807, 2.05) is 48.5 Å². The molecule has 0 aliphatic carbocycles. The molecular weight excluding hydrogens is 2040 g/mol. The number of carbonyl (C=O) groups excluding carboxylic acids is 7. The normalized spacial score (nSPS) is 13.4. The van der Waals surface area contributed by atoms with E-state index in [1.165, 1.54) is 94.6 Å². The molecule has 3 saturated heterocycles. The molecule has 42 heteroatoms. The molecule has 0 saturated carbocycles. The number of nitrogens with one attached hydrogen (secondary N) is 4. The minimum absolute atomic E-state index is 0.105. The summed E-state index contributed by atoms with van der Waals surface area (Å²) in [7, 11) is 10.3. The zero-order valence-corrected chi connectivity index (χ0v) is 93.7. The molecule has 792 valence electrons. The van der Waals surface area contributed by atoms with Gasteiger partial charge in [0, 0.05) is 226 Å². The fraction of sp³-hybridized carbons (Fsp3) is 0.419. The van der Waals surface area contributed by atoms with E-state index in [2.05, 4.69) is 169 Å². The number of benzene rings is 6. The van der Waals surface area contributed by atoms with Crippen molar-refractivity contribution >= 4 is 180 Å². The van der Waals surface area contributed by atoms with Gasteiger partial charge >= 0.3 is 0 Å². The SMILES string of the molecule is C=CC(=O)Nc1cc(N2CCN(CCO)CC2)ccc1Cc1cc(N(C)C(=O)Cc2c(Cl)c(OC)cc(OC)c2Cl)ncn1.C=CC(=O)Nc1cc(N2CCN(CCO[Si](C)(C)C(C)(C)C)CC2)ccc1Cc1cc(N(C)C(=O)Cc2c(Cl)c(OC)cc(OC)c2Cl)ncn1.C=CC(=O)Nc1cc(N2CCNCC2)ccc1Cc1cc(N(C)C(=O)Cc2c(Cl)c(OC)cc(OC)c2Cl)ncn1.CC(C)(C)[Si](C)(C)OCC=O. The van der Waals surface area contributed by atoms with Gasteiger partial charge in [-0.15, -0.1) is 0 Å². The number of amides is 6. The van der Waals surface area contributed by atoms with Gasteiger partial charge in [0.15, 0.2) is 16.6 Å². The van der Waals surface area contributed by atoms with Crippen LogP contribution in [-0.4, -0.2) is 278 Å². The Morgan fingerprint density at radius 2 is 0.694 bits per heavy atom. The lowest BCUT2D eigenvalue weighted by atomic mass is 10.0. The van der Waals surface area contributed by atoms with Gasteiger partial charge in [0.05, 0.1) is 122 Å². The number of rotatable bonds is 39. The molecule has 6 heterocycles. The van der Waals surface area contributed by atoms with Crippen molar-refractivity contribution in [2.24, 2.45) is 0 Å². The van der Waals surface area contributed by atoms with Crippen LogP contribution in [-0.2, 0) is 80.9 Å². The Balaban J connectivity index is 0.000000234. The molecule has 0 bridgehead atoms. The maximum Gasteiger partial charge on any atom is 0.247 e. The van der Waals surface area contributed by atoms with Crippen LogP contribution in [0.1, 0.15) is 92.0 Å². The number of hydrogen-bond acceptors (Lipinski definition) is 28. The van der Waals surface area contributed by atoms with Crippen LogP contribution in [0.25, 0.3) is 0 Å². The maximum atomic E-state index is 13.4. The van der Waals surface area contributed by atoms with Gasteiger partial charge in [-0.3, -0.25) is 53.3 Å². The molecule has 6 aromatic carbocycles. The van der Waals surface area contributed by atoms with Gasteiger partial charge in [-0.05, 0) is 108 Å². The predicted molar refractivity (Wildman–Crippen MR) is 592 cm³/mol. The Bertz CT molecular complexity index is 6030. The molecule has 34 nitrogen and oxygen atoms in total. The van der Waals surface area contributed by atoms with Crippen LogP contribution in [0.5, 0.6) is 34.5 Å². The standard InChI is InChI=1S/C37H50Cl2N6O5Si.C31H36Cl2N6O5.C29H32Cl2N6O4.C8H18O2Si/c1-10-33(46)42-29-21-27(45-15-13-44(14-16-45)17-18-50-51(8,9)37(2,3)4)12-11-25(29)19-26-20-32(41-24-40-26)43(5)34(47)22-28-35(38)30(48-6)23-31(49-7)36(28)39;1-5-28(41)36-24-16-22(39-10-8-38(9-11-39)12-13-40)7-6-20(24)14-21-15-27(35-19-34-21)37(2)29(42)17-23-30(32)25(43-3)18-26(44-4)31(23)33;1-5-26(38)35-22-14-20(37-10-8-32-9-11-37)7-6-18(22)12-19-13-25(34-17-33-19)36(2)27(39)15-21-28(30)23(40-3)16-24(41-4)29(21)31;1-8(2,3)11(4,5)10-7-6-9/h10-12,20-21,23-24H,1,13-19,22H2,2-9H3,(H,42,46);5-7,15-16,18-19,40H,1,8-14,17H2,2-4H3,(H,36,41);5-7,13-14,16-17,32H,1,8-12,15H2,2-4H3,(H,35,38);6H,7H2,1-5H3. The highest BCUT2D eigenvalue weighted by atomic mass is 35.5.